The topological polar surface area (TPSA) is 59.7 Å². The molecular weight excluding hydrogens is 278 g/mol. The first-order chi connectivity index (χ1) is 10.6. The van der Waals surface area contributed by atoms with E-state index in [1.165, 1.54) is 0 Å². The molecule has 1 aromatic rings. The molecule has 1 heterocycles. The second-order valence-electron chi connectivity index (χ2n) is 5.66. The van der Waals surface area contributed by atoms with Crippen molar-refractivity contribution in [2.45, 2.75) is 32.9 Å². The number of piperazine rings is 1. The van der Waals surface area contributed by atoms with Crippen LogP contribution in [0.3, 0.4) is 0 Å². The monoisotopic (exact) mass is 303 g/mol. The van der Waals surface area contributed by atoms with E-state index >= 15 is 0 Å². The van der Waals surface area contributed by atoms with Gasteiger partial charge in [0.05, 0.1) is 12.7 Å². The molecule has 5 heteroatoms. The van der Waals surface area contributed by atoms with E-state index < -0.39 is 0 Å². The van der Waals surface area contributed by atoms with E-state index in [-0.39, 0.29) is 11.8 Å². The van der Waals surface area contributed by atoms with Gasteiger partial charge in [-0.2, -0.15) is 5.26 Å². The van der Waals surface area contributed by atoms with E-state index in [4.69, 9.17) is 4.74 Å². The number of rotatable bonds is 5. The molecule has 0 aromatic heterocycles. The Bertz CT molecular complexity index is 541. The maximum atomic E-state index is 9.81. The van der Waals surface area contributed by atoms with Gasteiger partial charge in [-0.1, -0.05) is 13.0 Å². The molecule has 0 aliphatic carbocycles. The van der Waals surface area contributed by atoms with Crippen molar-refractivity contribution in [2.24, 2.45) is 0 Å². The van der Waals surface area contributed by atoms with Crippen LogP contribution < -0.4 is 4.74 Å². The first-order valence-corrected chi connectivity index (χ1v) is 7.94. The van der Waals surface area contributed by atoms with Crippen LogP contribution in [0.4, 0.5) is 0 Å². The number of nitriles is 1. The van der Waals surface area contributed by atoms with Crippen LogP contribution in [0.25, 0.3) is 0 Å². The zero-order valence-electron chi connectivity index (χ0n) is 13.6. The zero-order valence-corrected chi connectivity index (χ0v) is 13.6. The number of nitrogens with zero attached hydrogens (tertiary/aromatic N) is 3. The molecule has 1 N–H and O–H groups in total. The fraction of sp³-hybridized carbons (Fsp3) is 0.588. The van der Waals surface area contributed by atoms with E-state index in [2.05, 4.69) is 29.7 Å². The molecule has 2 atom stereocenters. The average Bonchev–Trinajstić information content (AvgIpc) is 2.51. The van der Waals surface area contributed by atoms with Crippen LogP contribution in [0, 0.1) is 11.3 Å². The van der Waals surface area contributed by atoms with Gasteiger partial charge in [-0.25, -0.2) is 0 Å². The largest absolute Gasteiger partial charge is 0.504 e. The quantitative estimate of drug-likeness (QED) is 0.905. The molecule has 1 saturated heterocycles. The number of hydrogen-bond donors (Lipinski definition) is 1. The highest BCUT2D eigenvalue weighted by Crippen LogP contribution is 2.32. The van der Waals surface area contributed by atoms with Crippen LogP contribution in [-0.4, -0.2) is 53.7 Å². The van der Waals surface area contributed by atoms with Crippen molar-refractivity contribution in [3.8, 4) is 17.6 Å². The fourth-order valence-electron chi connectivity index (χ4n) is 3.07. The molecular formula is C17H25N3O2. The number of ether oxygens (including phenoxy) is 1. The maximum absolute atomic E-state index is 9.81. The van der Waals surface area contributed by atoms with Gasteiger partial charge in [-0.15, -0.1) is 0 Å². The summed E-state index contributed by atoms with van der Waals surface area (Å²) in [5.74, 6) is 0.562. The Hall–Kier alpha value is -1.77. The van der Waals surface area contributed by atoms with Crippen LogP contribution in [0.2, 0.25) is 0 Å². The van der Waals surface area contributed by atoms with Gasteiger partial charge in [-0.05, 0) is 38.1 Å². The van der Waals surface area contributed by atoms with Crippen molar-refractivity contribution in [1.82, 2.24) is 9.80 Å². The van der Waals surface area contributed by atoms with Gasteiger partial charge in [0.25, 0.3) is 0 Å². The first kappa shape index (κ1) is 16.6. The average molecular weight is 303 g/mol. The van der Waals surface area contributed by atoms with Crippen molar-refractivity contribution in [2.75, 3.05) is 32.8 Å². The molecule has 120 valence electrons. The van der Waals surface area contributed by atoms with Gasteiger partial charge in [-0.3, -0.25) is 9.80 Å². The standard InChI is InChI=1S/C17H25N3O2/c1-4-19-8-9-20(12-13(19)3)15(11-18)14-6-7-16(21)17(10-14)22-5-2/h6-7,10,13,15,21H,4-5,8-9,12H2,1-3H3. The molecule has 1 aliphatic heterocycles. The normalized spacial score (nSPS) is 21.3. The Kier molecular flexibility index (Phi) is 5.64. The fourth-order valence-corrected chi connectivity index (χ4v) is 3.07. The molecule has 2 rings (SSSR count). The lowest BCUT2D eigenvalue weighted by molar-refractivity contribution is 0.0729. The molecule has 1 aromatic carbocycles. The summed E-state index contributed by atoms with van der Waals surface area (Å²) in [6.45, 7) is 10.5. The van der Waals surface area contributed by atoms with Crippen LogP contribution in [0.5, 0.6) is 11.5 Å². The molecule has 0 bridgehead atoms. The number of hydrogen-bond acceptors (Lipinski definition) is 5. The van der Waals surface area contributed by atoms with E-state index in [0.717, 1.165) is 31.7 Å². The lowest BCUT2D eigenvalue weighted by atomic mass is 10.0. The molecule has 5 nitrogen and oxygen atoms in total. The van der Waals surface area contributed by atoms with E-state index in [9.17, 15) is 10.4 Å². The zero-order chi connectivity index (χ0) is 16.1. The van der Waals surface area contributed by atoms with Crippen molar-refractivity contribution < 1.29 is 9.84 Å². The summed E-state index contributed by atoms with van der Waals surface area (Å²) in [7, 11) is 0. The Labute approximate surface area is 132 Å². The number of benzene rings is 1. The maximum Gasteiger partial charge on any atom is 0.161 e. The second-order valence-corrected chi connectivity index (χ2v) is 5.66. The Morgan fingerprint density at radius 2 is 2.18 bits per heavy atom. The van der Waals surface area contributed by atoms with Crippen LogP contribution in [0.1, 0.15) is 32.4 Å². The van der Waals surface area contributed by atoms with Gasteiger partial charge in [0.1, 0.15) is 6.04 Å². The Balaban J connectivity index is 2.19. The van der Waals surface area contributed by atoms with Gasteiger partial charge in [0.15, 0.2) is 11.5 Å². The number of likely N-dealkylation sites (N-methyl/N-ethyl adjacent to an activating group) is 1. The van der Waals surface area contributed by atoms with Gasteiger partial charge < -0.3 is 9.84 Å². The molecule has 0 radical (unpaired) electrons. The summed E-state index contributed by atoms with van der Waals surface area (Å²) in [6, 6.07) is 7.74. The molecule has 1 fully saturated rings. The van der Waals surface area contributed by atoms with Crippen LogP contribution in [0.15, 0.2) is 18.2 Å². The number of phenols is 1. The highest BCUT2D eigenvalue weighted by molar-refractivity contribution is 5.44. The van der Waals surface area contributed by atoms with Crippen molar-refractivity contribution in [3.05, 3.63) is 23.8 Å². The third-order valence-electron chi connectivity index (χ3n) is 4.29. The van der Waals surface area contributed by atoms with Crippen molar-refractivity contribution >= 4 is 0 Å². The van der Waals surface area contributed by atoms with E-state index in [1.54, 1.807) is 12.1 Å². The van der Waals surface area contributed by atoms with E-state index in [0.29, 0.717) is 18.4 Å². The molecule has 0 amide bonds. The molecule has 22 heavy (non-hydrogen) atoms. The lowest BCUT2D eigenvalue weighted by Gasteiger charge is -2.41. The minimum absolute atomic E-state index is 0.117. The van der Waals surface area contributed by atoms with Crippen LogP contribution >= 0.6 is 0 Å². The SMILES string of the molecule is CCOc1cc(C(C#N)N2CCN(CC)C(C)C2)ccc1O. The molecule has 0 spiro atoms. The van der Waals surface area contributed by atoms with E-state index in [1.807, 2.05) is 13.0 Å². The lowest BCUT2D eigenvalue weighted by Crippen LogP contribution is -2.52. The summed E-state index contributed by atoms with van der Waals surface area (Å²) >= 11 is 0. The molecule has 1 aliphatic rings. The first-order valence-electron chi connectivity index (χ1n) is 7.94. The highest BCUT2D eigenvalue weighted by Gasteiger charge is 2.28. The highest BCUT2D eigenvalue weighted by atomic mass is 16.5. The summed E-state index contributed by atoms with van der Waals surface area (Å²) in [5, 5.41) is 19.4. The molecule has 2 unspecified atom stereocenters. The predicted octanol–water partition coefficient (Wildman–Crippen LogP) is 2.38. The van der Waals surface area contributed by atoms with Crippen molar-refractivity contribution in [3.63, 3.8) is 0 Å². The summed E-state index contributed by atoms with van der Waals surface area (Å²) in [5.41, 5.74) is 0.876. The second kappa shape index (κ2) is 7.48. The minimum atomic E-state index is -0.304. The van der Waals surface area contributed by atoms with Gasteiger partial charge in [0, 0.05) is 25.7 Å². The Morgan fingerprint density at radius 1 is 1.41 bits per heavy atom. The molecule has 0 saturated carbocycles. The van der Waals surface area contributed by atoms with Gasteiger partial charge >= 0.3 is 0 Å². The number of aromatic hydroxyl groups is 1. The van der Waals surface area contributed by atoms with Gasteiger partial charge in [0.2, 0.25) is 0 Å². The Morgan fingerprint density at radius 3 is 2.77 bits per heavy atom. The summed E-state index contributed by atoms with van der Waals surface area (Å²) < 4.78 is 5.43. The summed E-state index contributed by atoms with van der Waals surface area (Å²) in [6.07, 6.45) is 0. The number of phenolic OH excluding ortho intramolecular Hbond substituents is 1. The summed E-state index contributed by atoms with van der Waals surface area (Å²) in [4.78, 5) is 4.63. The minimum Gasteiger partial charge on any atom is -0.504 e. The predicted molar refractivity (Wildman–Crippen MR) is 85.9 cm³/mol. The van der Waals surface area contributed by atoms with Crippen LogP contribution in [-0.2, 0) is 0 Å². The third-order valence-corrected chi connectivity index (χ3v) is 4.29. The smallest absolute Gasteiger partial charge is 0.161 e. The third kappa shape index (κ3) is 3.52. The van der Waals surface area contributed by atoms with Crippen molar-refractivity contribution in [1.29, 1.82) is 5.26 Å².